The van der Waals surface area contributed by atoms with Gasteiger partial charge < -0.3 is 10.6 Å². The van der Waals surface area contributed by atoms with E-state index in [1.807, 2.05) is 0 Å². The van der Waals surface area contributed by atoms with Crippen LogP contribution in [0.2, 0.25) is 0 Å². The first-order valence-corrected chi connectivity index (χ1v) is 9.63. The minimum atomic E-state index is -3.05. The van der Waals surface area contributed by atoms with E-state index in [0.29, 0.717) is 18.1 Å². The standard InChI is InChI=1S/C16H16F2N4O3S/c1-9-19-14(16(23)22-10-2-3-12(17)13(18)6-10)7-15(20-9)21-11-4-5-26(24,25)8-11/h2-3,6-7,11H,4-5,8H2,1H3,(H,22,23)(H,19,20,21). The molecule has 7 nitrogen and oxygen atoms in total. The minimum Gasteiger partial charge on any atom is -0.366 e. The zero-order chi connectivity index (χ0) is 18.9. The van der Waals surface area contributed by atoms with Crippen LogP contribution in [0.15, 0.2) is 24.3 Å². The normalized spacial score (nSPS) is 18.5. The molecule has 2 aromatic rings. The molecule has 10 heteroatoms. The van der Waals surface area contributed by atoms with Crippen LogP contribution in [0.1, 0.15) is 22.7 Å². The van der Waals surface area contributed by atoms with Crippen molar-refractivity contribution in [1.29, 1.82) is 0 Å². The third kappa shape index (κ3) is 4.31. The van der Waals surface area contributed by atoms with Gasteiger partial charge in [-0.3, -0.25) is 4.79 Å². The zero-order valence-electron chi connectivity index (χ0n) is 13.8. The number of nitrogens with one attached hydrogen (secondary N) is 2. The summed E-state index contributed by atoms with van der Waals surface area (Å²) in [5.74, 6) is -1.96. The van der Waals surface area contributed by atoms with E-state index < -0.39 is 27.4 Å². The first kappa shape index (κ1) is 18.2. The third-order valence-electron chi connectivity index (χ3n) is 3.83. The lowest BCUT2D eigenvalue weighted by Gasteiger charge is -2.13. The third-order valence-corrected chi connectivity index (χ3v) is 5.60. The maximum absolute atomic E-state index is 13.2. The molecule has 1 aromatic carbocycles. The fourth-order valence-corrected chi connectivity index (χ4v) is 4.32. The molecule has 0 spiro atoms. The lowest BCUT2D eigenvalue weighted by molar-refractivity contribution is 0.102. The van der Waals surface area contributed by atoms with Crippen LogP contribution in [0.4, 0.5) is 20.3 Å². The fourth-order valence-electron chi connectivity index (χ4n) is 2.64. The summed E-state index contributed by atoms with van der Waals surface area (Å²) in [6.07, 6.45) is 0.460. The average molecular weight is 382 g/mol. The van der Waals surface area contributed by atoms with E-state index in [0.717, 1.165) is 12.1 Å². The molecule has 1 aliphatic heterocycles. The van der Waals surface area contributed by atoms with Crippen molar-refractivity contribution in [2.45, 2.75) is 19.4 Å². The number of hydrogen-bond donors (Lipinski definition) is 2. The van der Waals surface area contributed by atoms with Gasteiger partial charge in [0.25, 0.3) is 5.91 Å². The van der Waals surface area contributed by atoms with E-state index >= 15 is 0 Å². The van der Waals surface area contributed by atoms with Crippen LogP contribution in [0.3, 0.4) is 0 Å². The van der Waals surface area contributed by atoms with Gasteiger partial charge in [-0.2, -0.15) is 0 Å². The lowest BCUT2D eigenvalue weighted by atomic mass is 10.2. The van der Waals surface area contributed by atoms with Crippen molar-refractivity contribution in [2.75, 3.05) is 22.1 Å². The van der Waals surface area contributed by atoms with Crippen molar-refractivity contribution >= 4 is 27.2 Å². The van der Waals surface area contributed by atoms with Gasteiger partial charge in [0.1, 0.15) is 17.3 Å². The van der Waals surface area contributed by atoms with Crippen molar-refractivity contribution < 1.29 is 22.0 Å². The van der Waals surface area contributed by atoms with Crippen LogP contribution >= 0.6 is 0 Å². The Morgan fingerprint density at radius 3 is 2.62 bits per heavy atom. The van der Waals surface area contributed by atoms with Crippen LogP contribution in [0.25, 0.3) is 0 Å². The molecule has 138 valence electrons. The number of rotatable bonds is 4. The van der Waals surface area contributed by atoms with Crippen LogP contribution in [0, 0.1) is 18.6 Å². The number of benzene rings is 1. The number of aromatic nitrogens is 2. The summed E-state index contributed by atoms with van der Waals surface area (Å²) in [4.78, 5) is 20.5. The predicted molar refractivity (Wildman–Crippen MR) is 91.8 cm³/mol. The van der Waals surface area contributed by atoms with Gasteiger partial charge in [-0.1, -0.05) is 0 Å². The van der Waals surface area contributed by atoms with Gasteiger partial charge in [-0.25, -0.2) is 27.2 Å². The topological polar surface area (TPSA) is 101 Å². The number of hydrogen-bond acceptors (Lipinski definition) is 6. The summed E-state index contributed by atoms with van der Waals surface area (Å²) in [6, 6.07) is 4.10. The molecule has 2 heterocycles. The van der Waals surface area contributed by atoms with E-state index in [-0.39, 0.29) is 28.9 Å². The highest BCUT2D eigenvalue weighted by atomic mass is 32.2. The van der Waals surface area contributed by atoms with Gasteiger partial charge in [0.05, 0.1) is 11.5 Å². The van der Waals surface area contributed by atoms with Crippen LogP contribution in [-0.4, -0.2) is 41.8 Å². The second-order valence-corrected chi connectivity index (χ2v) is 8.24. The Morgan fingerprint density at radius 1 is 1.19 bits per heavy atom. The highest BCUT2D eigenvalue weighted by Crippen LogP contribution is 2.18. The average Bonchev–Trinajstić information content (AvgIpc) is 2.89. The molecule has 3 rings (SSSR count). The summed E-state index contributed by atoms with van der Waals surface area (Å²) in [5, 5.41) is 5.42. The molecule has 0 saturated carbocycles. The summed E-state index contributed by atoms with van der Waals surface area (Å²) >= 11 is 0. The summed E-state index contributed by atoms with van der Waals surface area (Å²) in [6.45, 7) is 1.59. The van der Waals surface area contributed by atoms with Gasteiger partial charge in [0.2, 0.25) is 0 Å². The Labute approximate surface area is 148 Å². The number of carbonyl (C=O) groups is 1. The van der Waals surface area contributed by atoms with E-state index in [4.69, 9.17) is 0 Å². The molecular formula is C16H16F2N4O3S. The first-order chi connectivity index (χ1) is 12.2. The largest absolute Gasteiger partial charge is 0.366 e. The highest BCUT2D eigenvalue weighted by molar-refractivity contribution is 7.91. The first-order valence-electron chi connectivity index (χ1n) is 7.81. The molecule has 0 aliphatic carbocycles. The Bertz CT molecular complexity index is 966. The Hall–Kier alpha value is -2.62. The highest BCUT2D eigenvalue weighted by Gasteiger charge is 2.28. The summed E-state index contributed by atoms with van der Waals surface area (Å²) in [5.41, 5.74) is 0.104. The fraction of sp³-hybridized carbons (Fsp3) is 0.312. The van der Waals surface area contributed by atoms with Crippen molar-refractivity contribution in [3.8, 4) is 0 Å². The van der Waals surface area contributed by atoms with Gasteiger partial charge in [-0.15, -0.1) is 0 Å². The van der Waals surface area contributed by atoms with Gasteiger partial charge >= 0.3 is 0 Å². The number of nitrogens with zero attached hydrogens (tertiary/aromatic N) is 2. The zero-order valence-corrected chi connectivity index (χ0v) is 14.6. The summed E-state index contributed by atoms with van der Waals surface area (Å²) in [7, 11) is -3.05. The Morgan fingerprint density at radius 2 is 1.96 bits per heavy atom. The molecule has 0 bridgehead atoms. The number of carbonyl (C=O) groups excluding carboxylic acids is 1. The summed E-state index contributed by atoms with van der Waals surface area (Å²) < 4.78 is 49.3. The molecule has 1 fully saturated rings. The van der Waals surface area contributed by atoms with Crippen molar-refractivity contribution in [1.82, 2.24) is 9.97 Å². The number of halogens is 2. The van der Waals surface area contributed by atoms with E-state index in [9.17, 15) is 22.0 Å². The predicted octanol–water partition coefficient (Wildman–Crippen LogP) is 1.91. The molecule has 1 aromatic heterocycles. The Kier molecular flexibility index (Phi) is 4.86. The van der Waals surface area contributed by atoms with Crippen LogP contribution in [0.5, 0.6) is 0 Å². The monoisotopic (exact) mass is 382 g/mol. The van der Waals surface area contributed by atoms with Crippen LogP contribution < -0.4 is 10.6 Å². The van der Waals surface area contributed by atoms with E-state index in [1.54, 1.807) is 6.92 Å². The Balaban J connectivity index is 1.76. The molecule has 1 atom stereocenters. The molecule has 1 saturated heterocycles. The van der Waals surface area contributed by atoms with Crippen molar-refractivity contribution in [2.24, 2.45) is 0 Å². The molecule has 2 N–H and O–H groups in total. The minimum absolute atomic E-state index is 0.00639. The molecule has 1 amide bonds. The van der Waals surface area contributed by atoms with Gasteiger partial charge in [0, 0.05) is 23.9 Å². The number of anilines is 2. The number of aryl methyl sites for hydroxylation is 1. The second kappa shape index (κ2) is 6.94. The maximum Gasteiger partial charge on any atom is 0.274 e. The maximum atomic E-state index is 13.2. The molecule has 0 radical (unpaired) electrons. The molecule has 1 aliphatic rings. The SMILES string of the molecule is Cc1nc(NC2CCS(=O)(=O)C2)cc(C(=O)Nc2ccc(F)c(F)c2)n1. The van der Waals surface area contributed by atoms with Gasteiger partial charge in [-0.05, 0) is 25.5 Å². The number of amides is 1. The van der Waals surface area contributed by atoms with E-state index in [1.165, 1.54) is 12.1 Å². The van der Waals surface area contributed by atoms with E-state index in [2.05, 4.69) is 20.6 Å². The van der Waals surface area contributed by atoms with Crippen molar-refractivity contribution in [3.05, 3.63) is 47.4 Å². The van der Waals surface area contributed by atoms with Crippen LogP contribution in [-0.2, 0) is 9.84 Å². The second-order valence-electron chi connectivity index (χ2n) is 6.01. The van der Waals surface area contributed by atoms with Crippen molar-refractivity contribution in [3.63, 3.8) is 0 Å². The quantitative estimate of drug-likeness (QED) is 0.838. The lowest BCUT2D eigenvalue weighted by Crippen LogP contribution is -2.22. The van der Waals surface area contributed by atoms with Gasteiger partial charge in [0.15, 0.2) is 21.5 Å². The molecule has 1 unspecified atom stereocenters. The number of sulfone groups is 1. The molecule has 26 heavy (non-hydrogen) atoms. The molecular weight excluding hydrogens is 366 g/mol. The smallest absolute Gasteiger partial charge is 0.274 e.